The lowest BCUT2D eigenvalue weighted by Gasteiger charge is -2.21. The number of carboxylic acid groups (broad SMARTS) is 1. The van der Waals surface area contributed by atoms with E-state index in [-0.39, 0.29) is 17.9 Å². The van der Waals surface area contributed by atoms with E-state index in [1.807, 2.05) is 0 Å². The highest BCUT2D eigenvalue weighted by Crippen LogP contribution is 2.22. The summed E-state index contributed by atoms with van der Waals surface area (Å²) in [6.45, 7) is 1.23. The molecule has 0 spiro atoms. The van der Waals surface area contributed by atoms with Gasteiger partial charge in [0.1, 0.15) is 17.9 Å². The Bertz CT molecular complexity index is 923. The van der Waals surface area contributed by atoms with E-state index in [4.69, 9.17) is 23.2 Å². The Balaban J connectivity index is 2.17. The highest BCUT2D eigenvalue weighted by Gasteiger charge is 2.27. The summed E-state index contributed by atoms with van der Waals surface area (Å²) in [4.78, 5) is 35.8. The lowest BCUT2D eigenvalue weighted by molar-refractivity contribution is -0.142. The average Bonchev–Trinajstić information content (AvgIpc) is 2.62. The molecular weight excluding hydrogens is 422 g/mol. The monoisotopic (exact) mass is 440 g/mol. The molecule has 0 saturated carbocycles. The van der Waals surface area contributed by atoms with E-state index in [2.05, 4.69) is 10.6 Å². The largest absolute Gasteiger partial charge is 0.480 e. The molecule has 0 aromatic heterocycles. The smallest absolute Gasteiger partial charge is 0.326 e. The maximum atomic E-state index is 13.4. The standard InChI is InChI=1S/C20H19Cl2FN2O4/c1-11(26)24-17(8-12-3-2-4-15(23)7-12)19(27)25-18(20(28)29)9-13-5-6-14(21)10-16(13)22/h2-7,10,17-18H,8-9H2,1H3,(H,24,26)(H,25,27)(H,28,29)/t17-,18+/m1/s1. The molecule has 2 atom stereocenters. The van der Waals surface area contributed by atoms with Crippen LogP contribution in [0.3, 0.4) is 0 Å². The van der Waals surface area contributed by atoms with Crippen LogP contribution in [0, 0.1) is 5.82 Å². The maximum absolute atomic E-state index is 13.4. The van der Waals surface area contributed by atoms with Gasteiger partial charge in [-0.2, -0.15) is 0 Å². The molecule has 0 aliphatic rings. The molecule has 9 heteroatoms. The van der Waals surface area contributed by atoms with Crippen molar-refractivity contribution in [3.8, 4) is 0 Å². The van der Waals surface area contributed by atoms with Crippen LogP contribution in [0.5, 0.6) is 0 Å². The zero-order valence-electron chi connectivity index (χ0n) is 15.4. The molecule has 0 aliphatic heterocycles. The molecule has 154 valence electrons. The second-order valence-corrected chi connectivity index (χ2v) is 7.27. The van der Waals surface area contributed by atoms with Gasteiger partial charge in [-0.15, -0.1) is 0 Å². The van der Waals surface area contributed by atoms with E-state index in [1.54, 1.807) is 18.2 Å². The van der Waals surface area contributed by atoms with E-state index in [0.717, 1.165) is 0 Å². The fourth-order valence-electron chi connectivity index (χ4n) is 2.73. The molecule has 0 radical (unpaired) electrons. The fraction of sp³-hybridized carbons (Fsp3) is 0.250. The van der Waals surface area contributed by atoms with Gasteiger partial charge in [-0.05, 0) is 35.4 Å². The first kappa shape index (κ1) is 22.6. The third-order valence-corrected chi connectivity index (χ3v) is 4.66. The first-order valence-corrected chi connectivity index (χ1v) is 9.40. The van der Waals surface area contributed by atoms with E-state index >= 15 is 0 Å². The first-order valence-electron chi connectivity index (χ1n) is 8.64. The average molecular weight is 441 g/mol. The van der Waals surface area contributed by atoms with Crippen LogP contribution in [0.15, 0.2) is 42.5 Å². The minimum atomic E-state index is -1.29. The van der Waals surface area contributed by atoms with Crippen molar-refractivity contribution >= 4 is 41.0 Å². The van der Waals surface area contributed by atoms with Gasteiger partial charge in [-0.1, -0.05) is 41.4 Å². The molecular formula is C20H19Cl2FN2O4. The lowest BCUT2D eigenvalue weighted by atomic mass is 10.0. The Morgan fingerprint density at radius 3 is 2.34 bits per heavy atom. The van der Waals surface area contributed by atoms with Gasteiger partial charge in [0.05, 0.1) is 0 Å². The molecule has 2 aromatic carbocycles. The van der Waals surface area contributed by atoms with Gasteiger partial charge in [0.25, 0.3) is 0 Å². The Morgan fingerprint density at radius 2 is 1.76 bits per heavy atom. The van der Waals surface area contributed by atoms with Crippen molar-refractivity contribution in [3.05, 3.63) is 69.5 Å². The van der Waals surface area contributed by atoms with Crippen LogP contribution in [0.25, 0.3) is 0 Å². The summed E-state index contributed by atoms with van der Waals surface area (Å²) in [6, 6.07) is 7.84. The van der Waals surface area contributed by atoms with Gasteiger partial charge in [0.15, 0.2) is 0 Å². The fourth-order valence-corrected chi connectivity index (χ4v) is 3.22. The second-order valence-electron chi connectivity index (χ2n) is 6.43. The highest BCUT2D eigenvalue weighted by atomic mass is 35.5. The summed E-state index contributed by atoms with van der Waals surface area (Å²) in [6.07, 6.45) is -0.0823. The van der Waals surface area contributed by atoms with E-state index < -0.39 is 35.7 Å². The Kier molecular flexibility index (Phi) is 7.99. The second kappa shape index (κ2) is 10.2. The quantitative estimate of drug-likeness (QED) is 0.587. The van der Waals surface area contributed by atoms with E-state index in [9.17, 15) is 23.9 Å². The number of rotatable bonds is 8. The maximum Gasteiger partial charge on any atom is 0.326 e. The number of aliphatic carboxylic acids is 1. The van der Waals surface area contributed by atoms with Gasteiger partial charge >= 0.3 is 5.97 Å². The lowest BCUT2D eigenvalue weighted by Crippen LogP contribution is -2.52. The number of benzene rings is 2. The van der Waals surface area contributed by atoms with Crippen molar-refractivity contribution in [2.45, 2.75) is 31.8 Å². The van der Waals surface area contributed by atoms with Gasteiger partial charge in [0, 0.05) is 29.8 Å². The van der Waals surface area contributed by atoms with Gasteiger partial charge in [-0.25, -0.2) is 9.18 Å². The zero-order valence-corrected chi connectivity index (χ0v) is 16.9. The van der Waals surface area contributed by atoms with Crippen LogP contribution < -0.4 is 10.6 Å². The van der Waals surface area contributed by atoms with Gasteiger partial charge < -0.3 is 15.7 Å². The third kappa shape index (κ3) is 7.03. The molecule has 0 fully saturated rings. The van der Waals surface area contributed by atoms with Crippen LogP contribution in [-0.4, -0.2) is 35.0 Å². The Morgan fingerprint density at radius 1 is 1.03 bits per heavy atom. The van der Waals surface area contributed by atoms with Crippen molar-refractivity contribution in [2.24, 2.45) is 0 Å². The molecule has 29 heavy (non-hydrogen) atoms. The SMILES string of the molecule is CC(=O)N[C@H](Cc1cccc(F)c1)C(=O)N[C@@H](Cc1ccc(Cl)cc1Cl)C(=O)O. The van der Waals surface area contributed by atoms with Crippen molar-refractivity contribution < 1.29 is 23.9 Å². The molecule has 0 aliphatic carbocycles. The summed E-state index contributed by atoms with van der Waals surface area (Å²) in [7, 11) is 0. The summed E-state index contributed by atoms with van der Waals surface area (Å²) >= 11 is 11.9. The number of carbonyl (C=O) groups excluding carboxylic acids is 2. The van der Waals surface area contributed by atoms with E-state index in [1.165, 1.54) is 31.2 Å². The van der Waals surface area contributed by atoms with Crippen LogP contribution in [-0.2, 0) is 27.2 Å². The van der Waals surface area contributed by atoms with Gasteiger partial charge in [-0.3, -0.25) is 9.59 Å². The van der Waals surface area contributed by atoms with Crippen LogP contribution in [0.2, 0.25) is 10.0 Å². The summed E-state index contributed by atoms with van der Waals surface area (Å²) in [5.41, 5.74) is 0.969. The molecule has 3 N–H and O–H groups in total. The molecule has 2 aromatic rings. The molecule has 0 unspecified atom stereocenters. The summed E-state index contributed by atoms with van der Waals surface area (Å²) < 4.78 is 13.4. The number of carboxylic acids is 1. The molecule has 2 rings (SSSR count). The van der Waals surface area contributed by atoms with Crippen molar-refractivity contribution in [1.82, 2.24) is 10.6 Å². The minimum absolute atomic E-state index is 0.00276. The Hall–Kier alpha value is -2.64. The van der Waals surface area contributed by atoms with Crippen molar-refractivity contribution in [1.29, 1.82) is 0 Å². The highest BCUT2D eigenvalue weighted by molar-refractivity contribution is 6.35. The molecule has 2 amide bonds. The predicted molar refractivity (Wildman–Crippen MR) is 107 cm³/mol. The number of hydrogen-bond acceptors (Lipinski definition) is 3. The number of nitrogens with one attached hydrogen (secondary N) is 2. The van der Waals surface area contributed by atoms with Gasteiger partial charge in [0.2, 0.25) is 11.8 Å². The van der Waals surface area contributed by atoms with E-state index in [0.29, 0.717) is 16.1 Å². The van der Waals surface area contributed by atoms with Crippen molar-refractivity contribution in [3.63, 3.8) is 0 Å². The summed E-state index contributed by atoms with van der Waals surface area (Å²) in [5.74, 6) is -2.93. The molecule has 0 bridgehead atoms. The predicted octanol–water partition coefficient (Wildman–Crippen LogP) is 2.99. The van der Waals surface area contributed by atoms with Crippen LogP contribution >= 0.6 is 23.2 Å². The minimum Gasteiger partial charge on any atom is -0.480 e. The topological polar surface area (TPSA) is 95.5 Å². The normalized spacial score (nSPS) is 12.7. The van der Waals surface area contributed by atoms with Crippen LogP contribution in [0.4, 0.5) is 4.39 Å². The Labute approximate surface area is 177 Å². The number of hydrogen-bond donors (Lipinski definition) is 3. The third-order valence-electron chi connectivity index (χ3n) is 4.08. The number of amides is 2. The summed E-state index contributed by atoms with van der Waals surface area (Å²) in [5, 5.41) is 15.0. The molecule has 0 saturated heterocycles. The molecule has 0 heterocycles. The zero-order chi connectivity index (χ0) is 21.6. The number of carbonyl (C=O) groups is 3. The van der Waals surface area contributed by atoms with Crippen LogP contribution in [0.1, 0.15) is 18.1 Å². The number of halogens is 3. The first-order chi connectivity index (χ1) is 13.7. The molecule has 6 nitrogen and oxygen atoms in total. The van der Waals surface area contributed by atoms with Crippen molar-refractivity contribution in [2.75, 3.05) is 0 Å².